The third-order valence-corrected chi connectivity index (χ3v) is 1.24. The van der Waals surface area contributed by atoms with Crippen molar-refractivity contribution < 1.29 is 17.6 Å². The van der Waals surface area contributed by atoms with Gasteiger partial charge in [-0.05, 0) is 0 Å². The Bertz CT molecular complexity index is 81.8. The third kappa shape index (κ3) is 2.18. The molecule has 0 heterocycles. The molecule has 0 aliphatic heterocycles. The molecule has 0 spiro atoms. The minimum atomic E-state index is -3.43. The smallest absolute Gasteiger partial charge is 0.207 e. The summed E-state index contributed by atoms with van der Waals surface area (Å²) < 4.78 is 42.1. The molecule has 0 nitrogen and oxygen atoms in total. The first-order valence-electron chi connectivity index (χ1n) is 1.83. The van der Waals surface area contributed by atoms with Crippen LogP contribution in [0.5, 0.6) is 0 Å². The van der Waals surface area contributed by atoms with Crippen molar-refractivity contribution in [3.63, 3.8) is 0 Å². The second-order valence-corrected chi connectivity index (χ2v) is 2.72. The van der Waals surface area contributed by atoms with Gasteiger partial charge in [-0.1, -0.05) is 23.2 Å². The second kappa shape index (κ2) is 2.92. The van der Waals surface area contributed by atoms with E-state index in [0.29, 0.717) is 0 Å². The highest BCUT2D eigenvalue weighted by atomic mass is 35.5. The van der Waals surface area contributed by atoms with Gasteiger partial charge in [-0.3, -0.25) is 0 Å². The lowest BCUT2D eigenvalue weighted by atomic mass is 10.4. The van der Waals surface area contributed by atoms with Crippen molar-refractivity contribution in [2.24, 2.45) is 0 Å². The minimum absolute atomic E-state index is 3.22. The zero-order valence-corrected chi connectivity index (χ0v) is 5.43. The van der Waals surface area contributed by atoms with Gasteiger partial charge in [0.1, 0.15) is 0 Å². The van der Waals surface area contributed by atoms with E-state index in [1.807, 2.05) is 0 Å². The van der Waals surface area contributed by atoms with Crippen LogP contribution in [-0.4, -0.2) is 17.2 Å². The summed E-state index contributed by atoms with van der Waals surface area (Å²) in [7, 11) is 0. The molecule has 0 aromatic rings. The maximum Gasteiger partial charge on any atom is 0.276 e. The van der Waals surface area contributed by atoms with Gasteiger partial charge in [0.25, 0.3) is 12.9 Å². The fourth-order valence-electron chi connectivity index (χ4n) is 0.0952. The highest BCUT2D eigenvalue weighted by Gasteiger charge is 2.45. The Morgan fingerprint density at radius 2 is 1.11 bits per heavy atom. The minimum Gasteiger partial charge on any atom is -0.207 e. The fourth-order valence-corrected chi connectivity index (χ4v) is 0.0952. The predicted octanol–water partition coefficient (Wildman–Crippen LogP) is 2.69. The second-order valence-electron chi connectivity index (χ2n) is 1.28. The highest BCUT2D eigenvalue weighted by Crippen LogP contribution is 2.34. The van der Waals surface area contributed by atoms with Gasteiger partial charge in [0.05, 0.1) is 0 Å². The Labute approximate surface area is 58.7 Å². The largest absolute Gasteiger partial charge is 0.276 e. The Hall–Kier alpha value is 0.300. The molecule has 0 rings (SSSR count). The zero-order valence-electron chi connectivity index (χ0n) is 3.92. The molecule has 56 valence electrons. The summed E-state index contributed by atoms with van der Waals surface area (Å²) >= 11 is 8.94. The number of alkyl halides is 6. The van der Waals surface area contributed by atoms with Crippen LogP contribution in [0.15, 0.2) is 0 Å². The Kier molecular flexibility index (Phi) is 3.02. The Balaban J connectivity index is 4.01. The standard InChI is InChI=1S/C3H2Cl2F4/c4-3(5,1(6)7)2(8)9/h1-2H. The van der Waals surface area contributed by atoms with Crippen molar-refractivity contribution >= 4 is 23.2 Å². The molecule has 6 heteroatoms. The van der Waals surface area contributed by atoms with Gasteiger partial charge in [0, 0.05) is 0 Å². The fraction of sp³-hybridized carbons (Fsp3) is 1.00. The van der Waals surface area contributed by atoms with E-state index in [0.717, 1.165) is 0 Å². The van der Waals surface area contributed by atoms with E-state index in [9.17, 15) is 17.6 Å². The first-order chi connectivity index (χ1) is 3.89. The van der Waals surface area contributed by atoms with Gasteiger partial charge in [-0.25, -0.2) is 17.6 Å². The van der Waals surface area contributed by atoms with Crippen LogP contribution in [0, 0.1) is 0 Å². The van der Waals surface area contributed by atoms with E-state index in [-0.39, 0.29) is 0 Å². The van der Waals surface area contributed by atoms with E-state index in [2.05, 4.69) is 23.2 Å². The summed E-state index contributed by atoms with van der Waals surface area (Å²) in [5.74, 6) is 0. The van der Waals surface area contributed by atoms with E-state index in [4.69, 9.17) is 0 Å². The number of rotatable bonds is 2. The molecule has 0 aromatic carbocycles. The molecule has 0 aromatic heterocycles. The molecule has 0 unspecified atom stereocenters. The van der Waals surface area contributed by atoms with Crippen molar-refractivity contribution in [2.45, 2.75) is 17.2 Å². The summed E-state index contributed by atoms with van der Waals surface area (Å²) in [6.07, 6.45) is -6.86. The van der Waals surface area contributed by atoms with Crippen LogP contribution in [0.25, 0.3) is 0 Å². The Morgan fingerprint density at radius 1 is 0.889 bits per heavy atom. The predicted molar refractivity (Wildman–Crippen MR) is 26.4 cm³/mol. The molecular formula is C3H2Cl2F4. The van der Waals surface area contributed by atoms with Gasteiger partial charge >= 0.3 is 0 Å². The van der Waals surface area contributed by atoms with Crippen molar-refractivity contribution in [2.75, 3.05) is 0 Å². The molecule has 0 atom stereocenters. The van der Waals surface area contributed by atoms with Crippen LogP contribution in [0.4, 0.5) is 17.6 Å². The van der Waals surface area contributed by atoms with Crippen molar-refractivity contribution in [3.05, 3.63) is 0 Å². The Morgan fingerprint density at radius 3 is 1.11 bits per heavy atom. The number of halogens is 6. The highest BCUT2D eigenvalue weighted by molar-refractivity contribution is 6.49. The van der Waals surface area contributed by atoms with Gasteiger partial charge in [-0.2, -0.15) is 0 Å². The van der Waals surface area contributed by atoms with E-state index in [1.165, 1.54) is 0 Å². The molecule has 0 amide bonds. The van der Waals surface area contributed by atoms with E-state index < -0.39 is 17.2 Å². The quantitative estimate of drug-likeness (QED) is 0.458. The first-order valence-corrected chi connectivity index (χ1v) is 2.58. The first kappa shape index (κ1) is 9.30. The normalized spacial score (nSPS) is 13.3. The summed E-state index contributed by atoms with van der Waals surface area (Å²) in [4.78, 5) is 0. The zero-order chi connectivity index (χ0) is 7.65. The lowest BCUT2D eigenvalue weighted by Gasteiger charge is -2.15. The SMILES string of the molecule is FC(F)C(Cl)(Cl)C(F)F. The monoisotopic (exact) mass is 184 g/mol. The van der Waals surface area contributed by atoms with Crippen LogP contribution >= 0.6 is 23.2 Å². The average molecular weight is 185 g/mol. The molecule has 0 N–H and O–H groups in total. The molecular weight excluding hydrogens is 183 g/mol. The number of hydrogen-bond acceptors (Lipinski definition) is 0. The lowest BCUT2D eigenvalue weighted by Crippen LogP contribution is -2.32. The van der Waals surface area contributed by atoms with Crippen molar-refractivity contribution in [3.8, 4) is 0 Å². The maximum absolute atomic E-state index is 11.3. The topological polar surface area (TPSA) is 0 Å². The average Bonchev–Trinajstić information content (AvgIpc) is 1.65. The van der Waals surface area contributed by atoms with Crippen LogP contribution in [0.1, 0.15) is 0 Å². The number of hydrogen-bond donors (Lipinski definition) is 0. The molecule has 9 heavy (non-hydrogen) atoms. The third-order valence-electron chi connectivity index (χ3n) is 0.582. The molecule has 0 aliphatic rings. The lowest BCUT2D eigenvalue weighted by molar-refractivity contribution is 0.0308. The summed E-state index contributed by atoms with van der Waals surface area (Å²) in [6, 6.07) is 0. The van der Waals surface area contributed by atoms with Crippen LogP contribution < -0.4 is 0 Å². The maximum atomic E-state index is 11.3. The van der Waals surface area contributed by atoms with Crippen LogP contribution in [0.2, 0.25) is 0 Å². The summed E-state index contributed by atoms with van der Waals surface area (Å²) in [5, 5.41) is 0. The van der Waals surface area contributed by atoms with Crippen LogP contribution in [-0.2, 0) is 0 Å². The summed E-state index contributed by atoms with van der Waals surface area (Å²) in [6.45, 7) is 0. The molecule has 0 saturated carbocycles. The summed E-state index contributed by atoms with van der Waals surface area (Å²) in [5.41, 5.74) is 0. The van der Waals surface area contributed by atoms with E-state index >= 15 is 0 Å². The van der Waals surface area contributed by atoms with Gasteiger partial charge in [-0.15, -0.1) is 0 Å². The molecule has 0 saturated heterocycles. The van der Waals surface area contributed by atoms with Crippen molar-refractivity contribution in [1.29, 1.82) is 0 Å². The van der Waals surface area contributed by atoms with Crippen LogP contribution in [0.3, 0.4) is 0 Å². The van der Waals surface area contributed by atoms with Gasteiger partial charge in [0.15, 0.2) is 0 Å². The van der Waals surface area contributed by atoms with Gasteiger partial charge in [0.2, 0.25) is 4.33 Å². The van der Waals surface area contributed by atoms with E-state index in [1.54, 1.807) is 0 Å². The molecule has 0 bridgehead atoms. The molecule has 0 aliphatic carbocycles. The molecule has 0 radical (unpaired) electrons. The van der Waals surface area contributed by atoms with Gasteiger partial charge < -0.3 is 0 Å². The molecule has 0 fully saturated rings. The van der Waals surface area contributed by atoms with Crippen molar-refractivity contribution in [1.82, 2.24) is 0 Å².